The highest BCUT2D eigenvalue weighted by atomic mass is 32.1. The molecule has 0 aromatic carbocycles. The Morgan fingerprint density at radius 1 is 1.17 bits per heavy atom. The first-order valence-electron chi connectivity index (χ1n) is 11.2. The monoisotopic (exact) mass is 498 g/mol. The lowest BCUT2D eigenvalue weighted by Gasteiger charge is -2.31. The standard InChI is InChI=1S/C23H26N6O5S/c1-13-5-6-15(19(30)25-22-27-26-21(35-22)23(2,3)4)18(24-13)14-9-11-28(12-10-14)20(31)16-7-8-17(34-16)29(32)33/h5-8,14H,9-12H2,1-4H3,(H,25,27,30). The van der Waals surface area contributed by atoms with Crippen molar-refractivity contribution in [1.29, 1.82) is 0 Å². The number of anilines is 1. The summed E-state index contributed by atoms with van der Waals surface area (Å²) in [4.78, 5) is 42.2. The number of amides is 2. The van der Waals surface area contributed by atoms with Gasteiger partial charge in [0.15, 0.2) is 5.76 Å². The van der Waals surface area contributed by atoms with Crippen molar-refractivity contribution in [3.05, 3.63) is 62.1 Å². The molecule has 3 aromatic rings. The summed E-state index contributed by atoms with van der Waals surface area (Å²) in [6, 6.07) is 6.04. The van der Waals surface area contributed by atoms with Gasteiger partial charge in [0.05, 0.1) is 17.3 Å². The van der Waals surface area contributed by atoms with Crippen LogP contribution in [0, 0.1) is 17.0 Å². The molecule has 12 heteroatoms. The Balaban J connectivity index is 1.46. The molecule has 1 fully saturated rings. The van der Waals surface area contributed by atoms with Gasteiger partial charge in [-0.2, -0.15) is 0 Å². The van der Waals surface area contributed by atoms with E-state index in [-0.39, 0.29) is 23.0 Å². The van der Waals surface area contributed by atoms with E-state index in [1.54, 1.807) is 17.0 Å². The zero-order chi connectivity index (χ0) is 25.3. The molecule has 1 aliphatic heterocycles. The average Bonchev–Trinajstić information content (AvgIpc) is 3.49. The van der Waals surface area contributed by atoms with Crippen LogP contribution in [0.2, 0.25) is 0 Å². The Hall–Kier alpha value is -3.67. The van der Waals surface area contributed by atoms with Crippen LogP contribution in [0.3, 0.4) is 0 Å². The summed E-state index contributed by atoms with van der Waals surface area (Å²) in [5, 5.41) is 23.2. The number of pyridine rings is 1. The predicted octanol–water partition coefficient (Wildman–Crippen LogP) is 4.31. The minimum Gasteiger partial charge on any atom is -0.395 e. The lowest BCUT2D eigenvalue weighted by atomic mass is 9.89. The van der Waals surface area contributed by atoms with E-state index in [4.69, 9.17) is 4.42 Å². The van der Waals surface area contributed by atoms with Crippen LogP contribution in [-0.4, -0.2) is 49.9 Å². The number of carbonyl (C=O) groups excluding carboxylic acids is 2. The summed E-state index contributed by atoms with van der Waals surface area (Å²) in [5.41, 5.74) is 1.78. The predicted molar refractivity (Wildman–Crippen MR) is 129 cm³/mol. The van der Waals surface area contributed by atoms with Crippen molar-refractivity contribution >= 4 is 34.2 Å². The van der Waals surface area contributed by atoms with Gasteiger partial charge in [-0.15, -0.1) is 10.2 Å². The number of likely N-dealkylation sites (tertiary alicyclic amines) is 1. The fourth-order valence-electron chi connectivity index (χ4n) is 3.87. The van der Waals surface area contributed by atoms with Gasteiger partial charge in [0.1, 0.15) is 9.93 Å². The molecule has 0 radical (unpaired) electrons. The molecular formula is C23H26N6O5S. The quantitative estimate of drug-likeness (QED) is 0.405. The molecule has 184 valence electrons. The number of hydrogen-bond acceptors (Lipinski definition) is 9. The SMILES string of the molecule is Cc1ccc(C(=O)Nc2nnc(C(C)(C)C)s2)c(C2CCN(C(=O)c3ccc([N+](=O)[O-])o3)CC2)n1. The Morgan fingerprint density at radius 3 is 2.49 bits per heavy atom. The van der Waals surface area contributed by atoms with Crippen LogP contribution in [0.1, 0.15) is 76.8 Å². The molecule has 1 N–H and O–H groups in total. The van der Waals surface area contributed by atoms with Crippen molar-refractivity contribution in [2.24, 2.45) is 0 Å². The molecule has 35 heavy (non-hydrogen) atoms. The molecule has 3 aromatic heterocycles. The van der Waals surface area contributed by atoms with Crippen LogP contribution in [0.25, 0.3) is 0 Å². The number of aromatic nitrogens is 3. The number of hydrogen-bond donors (Lipinski definition) is 1. The van der Waals surface area contributed by atoms with E-state index in [0.29, 0.717) is 42.3 Å². The molecule has 0 saturated carbocycles. The summed E-state index contributed by atoms with van der Waals surface area (Å²) < 4.78 is 5.05. The van der Waals surface area contributed by atoms with Crippen molar-refractivity contribution < 1.29 is 18.9 Å². The smallest absolute Gasteiger partial charge is 0.395 e. The largest absolute Gasteiger partial charge is 0.433 e. The molecule has 1 saturated heterocycles. The van der Waals surface area contributed by atoms with Crippen molar-refractivity contribution in [2.45, 2.75) is 51.9 Å². The van der Waals surface area contributed by atoms with Gasteiger partial charge in [0, 0.05) is 30.1 Å². The van der Waals surface area contributed by atoms with E-state index in [1.165, 1.54) is 23.5 Å². The fourth-order valence-corrected chi connectivity index (χ4v) is 4.67. The summed E-state index contributed by atoms with van der Waals surface area (Å²) in [6.07, 6.45) is 1.19. The van der Waals surface area contributed by atoms with Gasteiger partial charge in [-0.05, 0) is 38.0 Å². The Bertz CT molecular complexity index is 1270. The first-order chi connectivity index (χ1) is 16.5. The maximum absolute atomic E-state index is 13.1. The normalized spacial score (nSPS) is 14.7. The molecule has 1 aliphatic rings. The maximum Gasteiger partial charge on any atom is 0.433 e. The molecule has 0 spiro atoms. The molecule has 0 bridgehead atoms. The van der Waals surface area contributed by atoms with E-state index >= 15 is 0 Å². The summed E-state index contributed by atoms with van der Waals surface area (Å²) in [7, 11) is 0. The number of piperidine rings is 1. The number of nitro groups is 1. The third-order valence-electron chi connectivity index (χ3n) is 5.75. The van der Waals surface area contributed by atoms with Crippen LogP contribution in [0.5, 0.6) is 0 Å². The number of nitrogens with zero attached hydrogens (tertiary/aromatic N) is 5. The van der Waals surface area contributed by atoms with Crippen molar-refractivity contribution in [1.82, 2.24) is 20.1 Å². The average molecular weight is 499 g/mol. The van der Waals surface area contributed by atoms with E-state index in [0.717, 1.165) is 10.7 Å². The highest BCUT2D eigenvalue weighted by Crippen LogP contribution is 2.32. The molecule has 0 aliphatic carbocycles. The zero-order valence-electron chi connectivity index (χ0n) is 19.9. The number of nitrogens with one attached hydrogen (secondary N) is 1. The Morgan fingerprint density at radius 2 is 1.89 bits per heavy atom. The number of aryl methyl sites for hydroxylation is 1. The lowest BCUT2D eigenvalue weighted by molar-refractivity contribution is -0.402. The molecule has 11 nitrogen and oxygen atoms in total. The van der Waals surface area contributed by atoms with E-state index in [9.17, 15) is 19.7 Å². The van der Waals surface area contributed by atoms with E-state index in [1.807, 2.05) is 27.7 Å². The van der Waals surface area contributed by atoms with Gasteiger partial charge in [-0.25, -0.2) is 0 Å². The van der Waals surface area contributed by atoms with Gasteiger partial charge in [-0.1, -0.05) is 32.1 Å². The molecule has 0 unspecified atom stereocenters. The van der Waals surface area contributed by atoms with Crippen LogP contribution in [0.4, 0.5) is 11.0 Å². The Labute approximate surface area is 205 Å². The second kappa shape index (κ2) is 9.53. The van der Waals surface area contributed by atoms with Crippen LogP contribution in [-0.2, 0) is 5.41 Å². The van der Waals surface area contributed by atoms with Crippen LogP contribution < -0.4 is 5.32 Å². The van der Waals surface area contributed by atoms with Crippen LogP contribution in [0.15, 0.2) is 28.7 Å². The third kappa shape index (κ3) is 5.37. The molecular weight excluding hydrogens is 472 g/mol. The first-order valence-corrected chi connectivity index (χ1v) is 12.0. The lowest BCUT2D eigenvalue weighted by Crippen LogP contribution is -2.38. The van der Waals surface area contributed by atoms with E-state index in [2.05, 4.69) is 20.5 Å². The van der Waals surface area contributed by atoms with Gasteiger partial charge in [-0.3, -0.25) is 30.0 Å². The second-order valence-corrected chi connectivity index (χ2v) is 10.4. The zero-order valence-corrected chi connectivity index (χ0v) is 20.7. The number of rotatable bonds is 5. The minimum absolute atomic E-state index is 0.0230. The van der Waals surface area contributed by atoms with Gasteiger partial charge in [0.2, 0.25) is 5.13 Å². The maximum atomic E-state index is 13.1. The van der Waals surface area contributed by atoms with Gasteiger partial charge >= 0.3 is 5.88 Å². The van der Waals surface area contributed by atoms with E-state index < -0.39 is 16.7 Å². The topological polar surface area (TPSA) is 144 Å². The first kappa shape index (κ1) is 24.5. The van der Waals surface area contributed by atoms with Gasteiger partial charge in [0.25, 0.3) is 11.8 Å². The van der Waals surface area contributed by atoms with Crippen molar-refractivity contribution in [2.75, 3.05) is 18.4 Å². The second-order valence-electron chi connectivity index (χ2n) is 9.46. The Kier molecular flexibility index (Phi) is 6.66. The highest BCUT2D eigenvalue weighted by Gasteiger charge is 2.30. The molecule has 4 heterocycles. The molecule has 4 rings (SSSR count). The summed E-state index contributed by atoms with van der Waals surface area (Å²) >= 11 is 1.34. The fraction of sp³-hybridized carbons (Fsp3) is 0.435. The summed E-state index contributed by atoms with van der Waals surface area (Å²) in [5.74, 6) is -1.24. The molecule has 2 amide bonds. The summed E-state index contributed by atoms with van der Waals surface area (Å²) in [6.45, 7) is 8.80. The van der Waals surface area contributed by atoms with Crippen LogP contribution >= 0.6 is 11.3 Å². The third-order valence-corrected chi connectivity index (χ3v) is 7.01. The molecule has 0 atom stereocenters. The minimum atomic E-state index is -0.676. The highest BCUT2D eigenvalue weighted by molar-refractivity contribution is 7.15. The van der Waals surface area contributed by atoms with Crippen molar-refractivity contribution in [3.8, 4) is 0 Å². The number of furan rings is 1. The number of carbonyl (C=O) groups is 2. The van der Waals surface area contributed by atoms with Gasteiger partial charge < -0.3 is 9.32 Å². The van der Waals surface area contributed by atoms with Crippen molar-refractivity contribution in [3.63, 3.8) is 0 Å².